The minimum absolute atomic E-state index is 0.00690. The third-order valence-electron chi connectivity index (χ3n) is 4.45. The molecule has 1 aromatic heterocycles. The summed E-state index contributed by atoms with van der Waals surface area (Å²) in [6.45, 7) is 2.62. The second-order valence-corrected chi connectivity index (χ2v) is 8.35. The quantitative estimate of drug-likeness (QED) is 0.822. The first-order chi connectivity index (χ1) is 10.5. The zero-order valence-corrected chi connectivity index (χ0v) is 13.5. The largest absolute Gasteiger partial charge is 0.339 e. The second kappa shape index (κ2) is 5.98. The summed E-state index contributed by atoms with van der Waals surface area (Å²) >= 11 is 0. The highest BCUT2D eigenvalue weighted by Gasteiger charge is 2.36. The Morgan fingerprint density at radius 1 is 1.41 bits per heavy atom. The van der Waals surface area contributed by atoms with Crippen LogP contribution in [0, 0.1) is 5.92 Å². The summed E-state index contributed by atoms with van der Waals surface area (Å²) in [6, 6.07) is -0.130. The Kier molecular flexibility index (Phi) is 4.20. The van der Waals surface area contributed by atoms with Gasteiger partial charge in [-0.3, -0.25) is 4.79 Å². The number of nitrogens with zero attached hydrogens (tertiary/aromatic N) is 3. The maximum absolute atomic E-state index is 12.5. The first-order valence-corrected chi connectivity index (χ1v) is 9.63. The molecule has 0 N–H and O–H groups in total. The van der Waals surface area contributed by atoms with Crippen LogP contribution in [0.3, 0.4) is 0 Å². The van der Waals surface area contributed by atoms with Crippen LogP contribution < -0.4 is 0 Å². The molecule has 3 heterocycles. The molecule has 0 bridgehead atoms. The Morgan fingerprint density at radius 3 is 2.86 bits per heavy atom. The molecule has 0 aromatic carbocycles. The van der Waals surface area contributed by atoms with E-state index in [0.717, 1.165) is 12.8 Å². The summed E-state index contributed by atoms with van der Waals surface area (Å²) in [5.41, 5.74) is 0. The van der Waals surface area contributed by atoms with Crippen LogP contribution in [0.1, 0.15) is 50.4 Å². The highest BCUT2D eigenvalue weighted by atomic mass is 32.2. The molecule has 0 radical (unpaired) electrons. The molecule has 2 fully saturated rings. The molecule has 8 heteroatoms. The Bertz CT molecular complexity index is 655. The molecular formula is C14H21N3O4S. The number of hydrogen-bond acceptors (Lipinski definition) is 6. The summed E-state index contributed by atoms with van der Waals surface area (Å²) in [4.78, 5) is 18.6. The Labute approximate surface area is 130 Å². The van der Waals surface area contributed by atoms with E-state index in [-0.39, 0.29) is 29.4 Å². The molecule has 2 aliphatic rings. The minimum Gasteiger partial charge on any atom is -0.339 e. The Morgan fingerprint density at radius 2 is 2.23 bits per heavy atom. The molecule has 2 atom stereocenters. The van der Waals surface area contributed by atoms with Crippen molar-refractivity contribution >= 4 is 15.7 Å². The fourth-order valence-electron chi connectivity index (χ4n) is 3.28. The topological polar surface area (TPSA) is 93.4 Å². The normalized spacial score (nSPS) is 27.4. The van der Waals surface area contributed by atoms with E-state index in [1.165, 1.54) is 0 Å². The number of hydrogen-bond donors (Lipinski definition) is 0. The maximum atomic E-state index is 12.5. The van der Waals surface area contributed by atoms with Crippen LogP contribution >= 0.6 is 0 Å². The Hall–Kier alpha value is -1.44. The van der Waals surface area contributed by atoms with Crippen molar-refractivity contribution in [2.75, 3.05) is 18.1 Å². The predicted octanol–water partition coefficient (Wildman–Crippen LogP) is 1.12. The smallest absolute Gasteiger partial charge is 0.226 e. The summed E-state index contributed by atoms with van der Waals surface area (Å²) in [6.07, 6.45) is 3.31. The molecule has 0 saturated carbocycles. The SMILES string of the molecule is CCc1nc(C2CCCN2C(=O)CC2CCS(=O)(=O)C2)no1. The lowest BCUT2D eigenvalue weighted by molar-refractivity contribution is -0.133. The number of amides is 1. The first-order valence-electron chi connectivity index (χ1n) is 7.81. The third-order valence-corrected chi connectivity index (χ3v) is 6.28. The molecule has 0 spiro atoms. The third kappa shape index (κ3) is 3.16. The van der Waals surface area contributed by atoms with E-state index in [2.05, 4.69) is 10.1 Å². The van der Waals surface area contributed by atoms with E-state index >= 15 is 0 Å². The van der Waals surface area contributed by atoms with Gasteiger partial charge in [-0.05, 0) is 25.2 Å². The molecule has 22 heavy (non-hydrogen) atoms. The van der Waals surface area contributed by atoms with Gasteiger partial charge in [0.05, 0.1) is 17.5 Å². The number of aryl methyl sites for hydroxylation is 1. The monoisotopic (exact) mass is 327 g/mol. The fourth-order valence-corrected chi connectivity index (χ4v) is 5.14. The molecule has 1 aromatic rings. The number of likely N-dealkylation sites (tertiary alicyclic amines) is 1. The lowest BCUT2D eigenvalue weighted by Gasteiger charge is -2.23. The molecule has 3 rings (SSSR count). The van der Waals surface area contributed by atoms with Gasteiger partial charge in [-0.25, -0.2) is 8.42 Å². The van der Waals surface area contributed by atoms with Crippen LogP contribution in [0.25, 0.3) is 0 Å². The molecule has 7 nitrogen and oxygen atoms in total. The highest BCUT2D eigenvalue weighted by Crippen LogP contribution is 2.32. The van der Waals surface area contributed by atoms with Gasteiger partial charge < -0.3 is 9.42 Å². The molecule has 1 amide bonds. The van der Waals surface area contributed by atoms with Crippen molar-refractivity contribution in [2.45, 2.75) is 45.1 Å². The summed E-state index contributed by atoms with van der Waals surface area (Å²) in [5.74, 6) is 1.46. The van der Waals surface area contributed by atoms with Crippen molar-refractivity contribution in [3.8, 4) is 0 Å². The van der Waals surface area contributed by atoms with E-state index in [4.69, 9.17) is 4.52 Å². The molecule has 122 valence electrons. The summed E-state index contributed by atoms with van der Waals surface area (Å²) < 4.78 is 28.2. The summed E-state index contributed by atoms with van der Waals surface area (Å²) in [5, 5.41) is 3.98. The summed E-state index contributed by atoms with van der Waals surface area (Å²) in [7, 11) is -2.94. The molecule has 2 aliphatic heterocycles. The van der Waals surface area contributed by atoms with Gasteiger partial charge in [0.1, 0.15) is 0 Å². The lowest BCUT2D eigenvalue weighted by Crippen LogP contribution is -2.32. The van der Waals surface area contributed by atoms with Crippen molar-refractivity contribution in [1.82, 2.24) is 15.0 Å². The van der Waals surface area contributed by atoms with Crippen molar-refractivity contribution in [3.63, 3.8) is 0 Å². The molecule has 2 unspecified atom stereocenters. The molecule has 2 saturated heterocycles. The number of carbonyl (C=O) groups is 1. The van der Waals surface area contributed by atoms with Crippen LogP contribution in [-0.2, 0) is 21.1 Å². The number of aromatic nitrogens is 2. The van der Waals surface area contributed by atoms with Crippen molar-refractivity contribution in [1.29, 1.82) is 0 Å². The number of sulfone groups is 1. The van der Waals surface area contributed by atoms with Gasteiger partial charge in [0, 0.05) is 19.4 Å². The van der Waals surface area contributed by atoms with E-state index in [1.54, 1.807) is 4.90 Å². The average Bonchev–Trinajstić information content (AvgIpc) is 3.17. The Balaban J connectivity index is 1.66. The predicted molar refractivity (Wildman–Crippen MR) is 78.7 cm³/mol. The van der Waals surface area contributed by atoms with Gasteiger partial charge in [-0.15, -0.1) is 0 Å². The van der Waals surface area contributed by atoms with Gasteiger partial charge in [0.25, 0.3) is 0 Å². The van der Waals surface area contributed by atoms with Gasteiger partial charge in [-0.1, -0.05) is 12.1 Å². The van der Waals surface area contributed by atoms with Crippen LogP contribution in [-0.4, -0.2) is 47.4 Å². The second-order valence-electron chi connectivity index (χ2n) is 6.12. The van der Waals surface area contributed by atoms with Crippen LogP contribution in [0.5, 0.6) is 0 Å². The minimum atomic E-state index is -2.94. The van der Waals surface area contributed by atoms with Crippen molar-refractivity contribution < 1.29 is 17.7 Å². The zero-order chi connectivity index (χ0) is 15.7. The standard InChI is InChI=1S/C14H21N3O4S/c1-2-12-15-14(16-21-12)11-4-3-6-17(11)13(18)8-10-5-7-22(19,20)9-10/h10-11H,2-9H2,1H3. The van der Waals surface area contributed by atoms with Gasteiger partial charge >= 0.3 is 0 Å². The number of carbonyl (C=O) groups excluding carboxylic acids is 1. The maximum Gasteiger partial charge on any atom is 0.226 e. The zero-order valence-electron chi connectivity index (χ0n) is 12.7. The van der Waals surface area contributed by atoms with Crippen molar-refractivity contribution in [2.24, 2.45) is 5.92 Å². The fraction of sp³-hybridized carbons (Fsp3) is 0.786. The van der Waals surface area contributed by atoms with Gasteiger partial charge in [0.2, 0.25) is 11.8 Å². The van der Waals surface area contributed by atoms with Crippen LogP contribution in [0.2, 0.25) is 0 Å². The van der Waals surface area contributed by atoms with Gasteiger partial charge in [-0.2, -0.15) is 4.98 Å². The van der Waals surface area contributed by atoms with Crippen LogP contribution in [0.15, 0.2) is 4.52 Å². The first kappa shape index (κ1) is 15.5. The van der Waals surface area contributed by atoms with E-state index in [0.29, 0.717) is 37.5 Å². The molecule has 0 aliphatic carbocycles. The van der Waals surface area contributed by atoms with Crippen molar-refractivity contribution in [3.05, 3.63) is 11.7 Å². The van der Waals surface area contributed by atoms with Crippen LogP contribution in [0.4, 0.5) is 0 Å². The lowest BCUT2D eigenvalue weighted by atomic mass is 10.0. The number of rotatable bonds is 4. The van der Waals surface area contributed by atoms with E-state index < -0.39 is 9.84 Å². The average molecular weight is 327 g/mol. The molecular weight excluding hydrogens is 306 g/mol. The van der Waals surface area contributed by atoms with E-state index in [9.17, 15) is 13.2 Å². The van der Waals surface area contributed by atoms with Gasteiger partial charge in [0.15, 0.2) is 15.7 Å². The highest BCUT2D eigenvalue weighted by molar-refractivity contribution is 7.91. The van der Waals surface area contributed by atoms with E-state index in [1.807, 2.05) is 6.92 Å².